The zero-order valence-electron chi connectivity index (χ0n) is 10.8. The maximum absolute atomic E-state index is 12.6. The van der Waals surface area contributed by atoms with Gasteiger partial charge in [0.1, 0.15) is 24.5 Å². The molecule has 0 aromatic carbocycles. The van der Waals surface area contributed by atoms with Crippen LogP contribution >= 0.6 is 24.8 Å². The van der Waals surface area contributed by atoms with Gasteiger partial charge in [-0.25, -0.2) is 0 Å². The zero-order chi connectivity index (χ0) is 14.8. The molecule has 20 heavy (non-hydrogen) atoms. The molecule has 0 bridgehead atoms. The molecule has 2 aliphatic rings. The van der Waals surface area contributed by atoms with Gasteiger partial charge in [0.15, 0.2) is 0 Å². The van der Waals surface area contributed by atoms with Crippen LogP contribution in [0.3, 0.4) is 0 Å². The molecule has 0 saturated carbocycles. The van der Waals surface area contributed by atoms with Crippen molar-refractivity contribution in [1.82, 2.24) is 0 Å². The van der Waals surface area contributed by atoms with E-state index < -0.39 is 16.5 Å². The van der Waals surface area contributed by atoms with E-state index in [1.54, 1.807) is 6.26 Å². The average molecular weight is 319 g/mol. The lowest BCUT2D eigenvalue weighted by Gasteiger charge is -2.52. The Balaban J connectivity index is 2.18. The number of hydroxylamine groups is 3. The Labute approximate surface area is 127 Å². The standard InChI is InChI=1S/C12H17NO5S2/c14-8-12(5-9-3-1-2-4-17-9)7-13(16,11(19)20)10(15)6-18-12/h2-4,10,14-15H,1,5-8H2,(H,19,20). The number of morpholine rings is 1. The van der Waals surface area contributed by atoms with Gasteiger partial charge in [0.25, 0.3) is 0 Å². The molecule has 0 radical (unpaired) electrons. The predicted molar refractivity (Wildman–Crippen MR) is 79.4 cm³/mol. The molecule has 2 heterocycles. The molecule has 2 rings (SSSR count). The summed E-state index contributed by atoms with van der Waals surface area (Å²) in [6.07, 6.45) is 4.88. The van der Waals surface area contributed by atoms with Crippen LogP contribution < -0.4 is 0 Å². The SMILES string of the molecule is [O-][N+]1(C(=S)S)CC(CO)(CC2=CCC=CO2)OCC1O. The van der Waals surface area contributed by atoms with E-state index in [-0.39, 0.29) is 30.5 Å². The number of aliphatic hydroxyl groups is 2. The van der Waals surface area contributed by atoms with Crippen molar-refractivity contribution in [2.24, 2.45) is 0 Å². The minimum Gasteiger partial charge on any atom is -0.624 e. The molecule has 0 amide bonds. The molecule has 1 saturated heterocycles. The minimum atomic E-state index is -1.33. The number of hydrogen-bond donors (Lipinski definition) is 3. The fraction of sp³-hybridized carbons (Fsp3) is 0.583. The maximum Gasteiger partial charge on any atom is 0.232 e. The number of ether oxygens (including phenoxy) is 2. The largest absolute Gasteiger partial charge is 0.624 e. The maximum atomic E-state index is 12.6. The first-order chi connectivity index (χ1) is 9.42. The monoisotopic (exact) mass is 319 g/mol. The summed E-state index contributed by atoms with van der Waals surface area (Å²) in [7, 11) is 0. The number of nitrogens with zero attached hydrogens (tertiary/aromatic N) is 1. The average Bonchev–Trinajstić information content (AvgIpc) is 2.44. The first-order valence-corrected chi connectivity index (χ1v) is 7.03. The number of hydrogen-bond acceptors (Lipinski definition) is 6. The quantitative estimate of drug-likeness (QED) is 0.309. The molecule has 8 heteroatoms. The first-order valence-electron chi connectivity index (χ1n) is 6.18. The second-order valence-electron chi connectivity index (χ2n) is 4.94. The third kappa shape index (κ3) is 3.06. The van der Waals surface area contributed by atoms with Gasteiger partial charge in [0, 0.05) is 6.42 Å². The molecule has 3 unspecified atom stereocenters. The van der Waals surface area contributed by atoms with Crippen LogP contribution in [0.15, 0.2) is 24.2 Å². The van der Waals surface area contributed by atoms with Crippen molar-refractivity contribution < 1.29 is 24.3 Å². The summed E-state index contributed by atoms with van der Waals surface area (Å²) in [4.78, 5) is 0. The van der Waals surface area contributed by atoms with E-state index in [0.29, 0.717) is 5.76 Å². The van der Waals surface area contributed by atoms with Crippen molar-refractivity contribution in [3.63, 3.8) is 0 Å². The minimum absolute atomic E-state index is 0.183. The third-order valence-electron chi connectivity index (χ3n) is 3.45. The van der Waals surface area contributed by atoms with Crippen LogP contribution in [0.5, 0.6) is 0 Å². The molecule has 0 aromatic heterocycles. The normalized spacial score (nSPS) is 37.2. The highest BCUT2D eigenvalue weighted by molar-refractivity contribution is 8.10. The Morgan fingerprint density at radius 2 is 2.40 bits per heavy atom. The van der Waals surface area contributed by atoms with E-state index in [1.807, 2.05) is 12.2 Å². The number of rotatable bonds is 3. The zero-order valence-corrected chi connectivity index (χ0v) is 12.5. The fourth-order valence-electron chi connectivity index (χ4n) is 2.27. The molecule has 1 fully saturated rings. The van der Waals surface area contributed by atoms with Crippen LogP contribution in [0.2, 0.25) is 0 Å². The number of quaternary nitrogens is 1. The van der Waals surface area contributed by atoms with Gasteiger partial charge in [-0.15, -0.1) is 0 Å². The highest BCUT2D eigenvalue weighted by Crippen LogP contribution is 2.33. The Bertz CT molecular complexity index is 455. The van der Waals surface area contributed by atoms with Crippen molar-refractivity contribution >= 4 is 29.2 Å². The Hall–Kier alpha value is -0.480. The van der Waals surface area contributed by atoms with Crippen LogP contribution in [0.4, 0.5) is 0 Å². The van der Waals surface area contributed by atoms with E-state index in [1.165, 1.54) is 0 Å². The molecule has 2 aliphatic heterocycles. The number of allylic oxidation sites excluding steroid dienone is 2. The lowest BCUT2D eigenvalue weighted by Crippen LogP contribution is -2.67. The molecule has 2 N–H and O–H groups in total. The van der Waals surface area contributed by atoms with E-state index >= 15 is 0 Å². The van der Waals surface area contributed by atoms with Gasteiger partial charge in [-0.1, -0.05) is 12.6 Å². The van der Waals surface area contributed by atoms with Gasteiger partial charge in [-0.05, 0) is 30.8 Å². The van der Waals surface area contributed by atoms with Crippen LogP contribution in [0.25, 0.3) is 0 Å². The van der Waals surface area contributed by atoms with E-state index in [2.05, 4.69) is 12.6 Å². The third-order valence-corrected chi connectivity index (χ3v) is 4.10. The second kappa shape index (κ2) is 6.10. The molecule has 112 valence electrons. The Morgan fingerprint density at radius 1 is 1.65 bits per heavy atom. The summed E-state index contributed by atoms with van der Waals surface area (Å²) in [6.45, 7) is -0.798. The van der Waals surface area contributed by atoms with Gasteiger partial charge in [0.05, 0.1) is 12.9 Å². The van der Waals surface area contributed by atoms with Crippen molar-refractivity contribution in [3.05, 3.63) is 29.4 Å². The van der Waals surface area contributed by atoms with Crippen LogP contribution in [-0.2, 0) is 9.47 Å². The Morgan fingerprint density at radius 3 is 2.95 bits per heavy atom. The molecule has 0 aromatic rings. The summed E-state index contributed by atoms with van der Waals surface area (Å²) in [5.41, 5.74) is -1.13. The molecular formula is C12H17NO5S2. The first kappa shape index (κ1) is 15.9. The lowest BCUT2D eigenvalue weighted by molar-refractivity contribution is -0.858. The van der Waals surface area contributed by atoms with Crippen LogP contribution in [-0.4, -0.2) is 50.8 Å². The van der Waals surface area contributed by atoms with Gasteiger partial charge < -0.3 is 24.9 Å². The van der Waals surface area contributed by atoms with Crippen molar-refractivity contribution in [2.45, 2.75) is 24.7 Å². The van der Waals surface area contributed by atoms with Gasteiger partial charge in [0.2, 0.25) is 10.5 Å². The molecular weight excluding hydrogens is 302 g/mol. The van der Waals surface area contributed by atoms with Gasteiger partial charge >= 0.3 is 0 Å². The van der Waals surface area contributed by atoms with E-state index in [9.17, 15) is 15.4 Å². The number of aliphatic hydroxyl groups excluding tert-OH is 2. The lowest BCUT2D eigenvalue weighted by atomic mass is 9.95. The Kier molecular flexibility index (Phi) is 4.85. The molecule has 3 atom stereocenters. The van der Waals surface area contributed by atoms with Crippen molar-refractivity contribution in [1.29, 1.82) is 0 Å². The van der Waals surface area contributed by atoms with E-state index in [0.717, 1.165) is 6.42 Å². The fourth-order valence-corrected chi connectivity index (χ4v) is 2.66. The second-order valence-corrected chi connectivity index (χ2v) is 6.05. The van der Waals surface area contributed by atoms with Crippen LogP contribution in [0, 0.1) is 5.21 Å². The smallest absolute Gasteiger partial charge is 0.232 e. The van der Waals surface area contributed by atoms with Crippen molar-refractivity contribution in [3.8, 4) is 0 Å². The summed E-state index contributed by atoms with van der Waals surface area (Å²) < 4.78 is 9.49. The van der Waals surface area contributed by atoms with E-state index in [4.69, 9.17) is 21.7 Å². The highest BCUT2D eigenvalue weighted by Gasteiger charge is 2.49. The van der Waals surface area contributed by atoms with Crippen molar-refractivity contribution in [2.75, 3.05) is 19.8 Å². The van der Waals surface area contributed by atoms with Gasteiger partial charge in [-0.2, -0.15) is 0 Å². The number of thiol groups is 1. The summed E-state index contributed by atoms with van der Waals surface area (Å²) in [5, 5.41) is 32.0. The highest BCUT2D eigenvalue weighted by atomic mass is 32.1. The summed E-state index contributed by atoms with van der Waals surface area (Å²) in [6, 6.07) is 0. The predicted octanol–water partition coefficient (Wildman–Crippen LogP) is 0.803. The summed E-state index contributed by atoms with van der Waals surface area (Å²) in [5.74, 6) is 0.620. The summed E-state index contributed by atoms with van der Waals surface area (Å²) >= 11 is 8.74. The van der Waals surface area contributed by atoms with Crippen LogP contribution in [0.1, 0.15) is 12.8 Å². The molecule has 0 aliphatic carbocycles. The molecule has 6 nitrogen and oxygen atoms in total. The molecule has 0 spiro atoms. The topological polar surface area (TPSA) is 82.0 Å². The van der Waals surface area contributed by atoms with Gasteiger partial charge in [-0.3, -0.25) is 4.65 Å². The number of thiocarbonyl (C=S) groups is 1.